The van der Waals surface area contributed by atoms with Gasteiger partial charge in [0.05, 0.1) is 5.69 Å². The van der Waals surface area contributed by atoms with E-state index in [2.05, 4.69) is 102 Å². The van der Waals surface area contributed by atoms with Crippen molar-refractivity contribution in [3.05, 3.63) is 64.8 Å². The Balaban J connectivity index is 1.54. The molecule has 0 bridgehead atoms. The fraction of sp³-hybridized carbons (Fsp3) is 0.357. The summed E-state index contributed by atoms with van der Waals surface area (Å²) in [5, 5.41) is 10.2. The highest BCUT2D eigenvalue weighted by Gasteiger charge is 2.19. The van der Waals surface area contributed by atoms with Crippen molar-refractivity contribution in [1.82, 2.24) is 20.1 Å². The zero-order valence-electron chi connectivity index (χ0n) is 20.4. The third-order valence-electron chi connectivity index (χ3n) is 7.08. The van der Waals surface area contributed by atoms with Crippen molar-refractivity contribution >= 4 is 16.7 Å². The minimum atomic E-state index is 0.829. The molecule has 5 rings (SSSR count). The average Bonchev–Trinajstić information content (AvgIpc) is 3.23. The van der Waals surface area contributed by atoms with Crippen LogP contribution in [0.4, 0.5) is 5.69 Å². The Hall–Kier alpha value is -3.18. The molecule has 0 atom stereocenters. The first-order valence-electron chi connectivity index (χ1n) is 11.9. The van der Waals surface area contributed by atoms with Gasteiger partial charge in [0.25, 0.3) is 0 Å². The lowest BCUT2D eigenvalue weighted by Crippen LogP contribution is -2.45. The lowest BCUT2D eigenvalue weighted by atomic mass is 9.97. The van der Waals surface area contributed by atoms with Crippen molar-refractivity contribution in [2.45, 2.75) is 34.1 Å². The summed E-state index contributed by atoms with van der Waals surface area (Å²) in [5.41, 5.74) is 12.0. The zero-order valence-corrected chi connectivity index (χ0v) is 20.4. The number of aromatic nitrogens is 3. The topological polar surface area (TPSA) is 48.1 Å². The molecule has 3 heterocycles. The minimum Gasteiger partial charge on any atom is -0.369 e. The van der Waals surface area contributed by atoms with Crippen molar-refractivity contribution in [1.29, 1.82) is 0 Å². The summed E-state index contributed by atoms with van der Waals surface area (Å²) in [7, 11) is 2.20. The van der Waals surface area contributed by atoms with Gasteiger partial charge in [0.2, 0.25) is 0 Å². The molecule has 0 unspecified atom stereocenters. The number of fused-ring (bicyclic) bond motifs is 1. The predicted molar refractivity (Wildman–Crippen MR) is 138 cm³/mol. The number of H-pyrrole nitrogens is 1. The van der Waals surface area contributed by atoms with Gasteiger partial charge in [-0.05, 0) is 80.3 Å². The number of aromatic amines is 1. The summed E-state index contributed by atoms with van der Waals surface area (Å²) in [6.07, 6.45) is 3.09. The van der Waals surface area contributed by atoms with Gasteiger partial charge in [-0.15, -0.1) is 10.2 Å². The van der Waals surface area contributed by atoms with Gasteiger partial charge in [0, 0.05) is 54.6 Å². The first kappa shape index (κ1) is 21.7. The largest absolute Gasteiger partial charge is 0.369 e. The van der Waals surface area contributed by atoms with Crippen molar-refractivity contribution in [2.75, 3.05) is 38.1 Å². The molecule has 0 amide bonds. The second-order valence-electron chi connectivity index (χ2n) is 9.44. The Morgan fingerprint density at radius 3 is 2.27 bits per heavy atom. The molecule has 33 heavy (non-hydrogen) atoms. The molecule has 2 aromatic carbocycles. The van der Waals surface area contributed by atoms with Crippen LogP contribution in [0.15, 0.2) is 42.6 Å². The van der Waals surface area contributed by atoms with Gasteiger partial charge in [0.15, 0.2) is 5.65 Å². The number of likely N-dealkylation sites (N-methyl/N-ethyl adjacent to an activating group) is 1. The van der Waals surface area contributed by atoms with Crippen LogP contribution in [0.25, 0.3) is 33.4 Å². The monoisotopic (exact) mass is 439 g/mol. The van der Waals surface area contributed by atoms with Crippen LogP contribution in [-0.2, 0) is 6.42 Å². The first-order chi connectivity index (χ1) is 15.9. The summed E-state index contributed by atoms with van der Waals surface area (Å²) >= 11 is 0. The molecular weight excluding hydrogens is 406 g/mol. The fourth-order valence-corrected chi connectivity index (χ4v) is 5.15. The van der Waals surface area contributed by atoms with Crippen LogP contribution in [0.2, 0.25) is 0 Å². The second-order valence-corrected chi connectivity index (χ2v) is 9.44. The number of rotatable bonds is 4. The molecule has 1 saturated heterocycles. The van der Waals surface area contributed by atoms with E-state index in [-0.39, 0.29) is 0 Å². The maximum Gasteiger partial charge on any atom is 0.160 e. The standard InChI is InChI=1S/C28H33N5/c1-6-21-15-22(8-7-18(21)2)25-17-29-28-24(25)16-26(30-31-28)23-13-19(3)27(20(4)14-23)33-11-9-32(5)10-12-33/h7-8,13-17H,6,9-12H2,1-5H3,(H,29,31). The van der Waals surface area contributed by atoms with Crippen molar-refractivity contribution in [2.24, 2.45) is 0 Å². The van der Waals surface area contributed by atoms with E-state index in [1.54, 1.807) is 0 Å². The first-order valence-corrected chi connectivity index (χ1v) is 11.9. The van der Waals surface area contributed by atoms with Crippen LogP contribution >= 0.6 is 0 Å². The van der Waals surface area contributed by atoms with Gasteiger partial charge >= 0.3 is 0 Å². The van der Waals surface area contributed by atoms with Crippen LogP contribution in [-0.4, -0.2) is 53.3 Å². The molecule has 1 fully saturated rings. The van der Waals surface area contributed by atoms with E-state index in [0.717, 1.165) is 54.9 Å². The van der Waals surface area contributed by atoms with Crippen molar-refractivity contribution in [3.63, 3.8) is 0 Å². The molecule has 0 aliphatic carbocycles. The number of piperazine rings is 1. The molecule has 5 heteroatoms. The molecule has 5 nitrogen and oxygen atoms in total. The molecule has 2 aromatic heterocycles. The third kappa shape index (κ3) is 4.02. The highest BCUT2D eigenvalue weighted by molar-refractivity contribution is 5.95. The van der Waals surface area contributed by atoms with E-state index >= 15 is 0 Å². The Labute approximate surface area is 196 Å². The molecule has 0 spiro atoms. The van der Waals surface area contributed by atoms with Crippen LogP contribution in [0.1, 0.15) is 29.2 Å². The number of benzene rings is 2. The Bertz CT molecular complexity index is 1290. The highest BCUT2D eigenvalue weighted by atomic mass is 15.2. The average molecular weight is 440 g/mol. The van der Waals surface area contributed by atoms with E-state index in [9.17, 15) is 0 Å². The van der Waals surface area contributed by atoms with Gasteiger partial charge in [-0.2, -0.15) is 0 Å². The lowest BCUT2D eigenvalue weighted by molar-refractivity contribution is 0.312. The van der Waals surface area contributed by atoms with Crippen LogP contribution in [0, 0.1) is 20.8 Å². The molecule has 170 valence electrons. The summed E-state index contributed by atoms with van der Waals surface area (Å²) in [5.74, 6) is 0. The maximum atomic E-state index is 4.56. The molecular formula is C28H33N5. The van der Waals surface area contributed by atoms with E-state index in [0.29, 0.717) is 0 Å². The maximum absolute atomic E-state index is 4.56. The van der Waals surface area contributed by atoms with Gasteiger partial charge < -0.3 is 14.8 Å². The number of hydrogen-bond acceptors (Lipinski definition) is 4. The molecule has 1 aliphatic heterocycles. The summed E-state index contributed by atoms with van der Waals surface area (Å²) < 4.78 is 0. The summed E-state index contributed by atoms with van der Waals surface area (Å²) in [6, 6.07) is 13.4. The molecule has 1 N–H and O–H groups in total. The van der Waals surface area contributed by atoms with E-state index < -0.39 is 0 Å². The SMILES string of the molecule is CCc1cc(-c2c[nH]c3nnc(-c4cc(C)c(N5CCN(C)CC5)c(C)c4)cc23)ccc1C. The normalized spacial score (nSPS) is 14.9. The van der Waals surface area contributed by atoms with Gasteiger partial charge in [-0.1, -0.05) is 25.1 Å². The summed E-state index contributed by atoms with van der Waals surface area (Å²) in [4.78, 5) is 8.23. The van der Waals surface area contributed by atoms with Crippen LogP contribution in [0.3, 0.4) is 0 Å². The highest BCUT2D eigenvalue weighted by Crippen LogP contribution is 2.34. The lowest BCUT2D eigenvalue weighted by Gasteiger charge is -2.36. The summed E-state index contributed by atoms with van der Waals surface area (Å²) in [6.45, 7) is 13.2. The second kappa shape index (κ2) is 8.64. The minimum absolute atomic E-state index is 0.829. The number of anilines is 1. The number of aryl methyl sites for hydroxylation is 4. The Morgan fingerprint density at radius 1 is 0.848 bits per heavy atom. The van der Waals surface area contributed by atoms with Gasteiger partial charge in [-0.25, -0.2) is 0 Å². The number of hydrogen-bond donors (Lipinski definition) is 1. The molecule has 0 saturated carbocycles. The quantitative estimate of drug-likeness (QED) is 0.454. The number of nitrogens with one attached hydrogen (secondary N) is 1. The zero-order chi connectivity index (χ0) is 23.1. The van der Waals surface area contributed by atoms with Crippen molar-refractivity contribution < 1.29 is 0 Å². The van der Waals surface area contributed by atoms with E-state index in [1.165, 1.54) is 39.1 Å². The third-order valence-corrected chi connectivity index (χ3v) is 7.08. The number of nitrogens with zero attached hydrogens (tertiary/aromatic N) is 4. The fourth-order valence-electron chi connectivity index (χ4n) is 5.15. The molecule has 0 radical (unpaired) electrons. The Kier molecular flexibility index (Phi) is 5.67. The van der Waals surface area contributed by atoms with Gasteiger partial charge in [-0.3, -0.25) is 0 Å². The molecule has 4 aromatic rings. The predicted octanol–water partition coefficient (Wildman–Crippen LogP) is 5.53. The van der Waals surface area contributed by atoms with Crippen LogP contribution in [0.5, 0.6) is 0 Å². The van der Waals surface area contributed by atoms with Gasteiger partial charge in [0.1, 0.15) is 0 Å². The van der Waals surface area contributed by atoms with E-state index in [1.807, 2.05) is 0 Å². The van der Waals surface area contributed by atoms with Crippen molar-refractivity contribution in [3.8, 4) is 22.4 Å². The van der Waals surface area contributed by atoms with Crippen LogP contribution < -0.4 is 4.90 Å². The molecule has 1 aliphatic rings. The Morgan fingerprint density at radius 2 is 1.58 bits per heavy atom. The van der Waals surface area contributed by atoms with E-state index in [4.69, 9.17) is 0 Å². The smallest absolute Gasteiger partial charge is 0.160 e.